The van der Waals surface area contributed by atoms with Gasteiger partial charge in [0.1, 0.15) is 22.9 Å². The minimum Gasteiger partial charge on any atom is -0.334 e. The van der Waals surface area contributed by atoms with Crippen LogP contribution in [-0.2, 0) is 27.1 Å². The molecule has 10 heteroatoms. The summed E-state index contributed by atoms with van der Waals surface area (Å²) in [6, 6.07) is 3.42. The molecule has 1 aliphatic heterocycles. The minimum absolute atomic E-state index is 0.201. The highest BCUT2D eigenvalue weighted by Crippen LogP contribution is 2.31. The van der Waals surface area contributed by atoms with Gasteiger partial charge in [-0.15, -0.1) is 10.2 Å². The predicted molar refractivity (Wildman–Crippen MR) is 99.8 cm³/mol. The lowest BCUT2D eigenvalue weighted by Gasteiger charge is -2.28. The Labute approximate surface area is 164 Å². The molecule has 3 heterocycles. The third kappa shape index (κ3) is 2.88. The zero-order chi connectivity index (χ0) is 20.0. The van der Waals surface area contributed by atoms with Crippen molar-refractivity contribution < 1.29 is 13.6 Å². The van der Waals surface area contributed by atoms with Gasteiger partial charge in [-0.2, -0.15) is 5.10 Å². The molecule has 7 nitrogen and oxygen atoms in total. The maximum atomic E-state index is 14.1. The van der Waals surface area contributed by atoms with E-state index in [-0.39, 0.29) is 6.54 Å². The topological polar surface area (TPSA) is 68.8 Å². The molecule has 1 aliphatic rings. The van der Waals surface area contributed by atoms with Gasteiger partial charge in [-0.25, -0.2) is 8.78 Å². The Bertz CT molecular complexity index is 1060. The van der Waals surface area contributed by atoms with Crippen molar-refractivity contribution in [3.8, 4) is 11.5 Å². The van der Waals surface area contributed by atoms with Crippen molar-refractivity contribution >= 4 is 17.7 Å². The second kappa shape index (κ2) is 7.01. The molecule has 1 aromatic carbocycles. The molecule has 3 aromatic rings. The second-order valence-electron chi connectivity index (χ2n) is 6.54. The van der Waals surface area contributed by atoms with Gasteiger partial charge in [0.25, 0.3) is 5.91 Å². The number of carbonyl (C=O) groups is 1. The molecule has 0 N–H and O–H groups in total. The van der Waals surface area contributed by atoms with Crippen LogP contribution in [0.15, 0.2) is 23.4 Å². The molecule has 0 saturated carbocycles. The summed E-state index contributed by atoms with van der Waals surface area (Å²) in [5.41, 5.74) is 1.89. The molecule has 0 bridgehead atoms. The van der Waals surface area contributed by atoms with Gasteiger partial charge in [0.2, 0.25) is 0 Å². The molecule has 2 aromatic heterocycles. The van der Waals surface area contributed by atoms with E-state index in [1.807, 2.05) is 24.9 Å². The molecule has 4 rings (SSSR count). The van der Waals surface area contributed by atoms with E-state index in [1.54, 1.807) is 4.68 Å². The molecule has 28 heavy (non-hydrogen) atoms. The third-order valence-corrected chi connectivity index (χ3v) is 5.66. The minimum atomic E-state index is -0.861. The summed E-state index contributed by atoms with van der Waals surface area (Å²) in [7, 11) is 3.69. The van der Waals surface area contributed by atoms with E-state index in [1.165, 1.54) is 22.7 Å². The first-order valence-corrected chi connectivity index (χ1v) is 9.86. The smallest absolute Gasteiger partial charge is 0.260 e. The monoisotopic (exact) mass is 404 g/mol. The molecule has 146 valence electrons. The van der Waals surface area contributed by atoms with Crippen LogP contribution in [0.5, 0.6) is 0 Å². The van der Waals surface area contributed by atoms with Crippen LogP contribution in [0.3, 0.4) is 0 Å². The maximum Gasteiger partial charge on any atom is 0.260 e. The van der Waals surface area contributed by atoms with E-state index >= 15 is 0 Å². The van der Waals surface area contributed by atoms with Crippen molar-refractivity contribution in [1.29, 1.82) is 0 Å². The van der Waals surface area contributed by atoms with Crippen LogP contribution < -0.4 is 0 Å². The number of hydrogen-bond acceptors (Lipinski definition) is 5. The molecular weight excluding hydrogens is 386 g/mol. The van der Waals surface area contributed by atoms with Crippen molar-refractivity contribution in [1.82, 2.24) is 29.4 Å². The number of thioether (sulfide) groups is 1. The summed E-state index contributed by atoms with van der Waals surface area (Å²) in [5.74, 6) is -1.80. The zero-order valence-electron chi connectivity index (χ0n) is 15.6. The first-order chi connectivity index (χ1) is 13.4. The summed E-state index contributed by atoms with van der Waals surface area (Å²) >= 11 is 1.47. The van der Waals surface area contributed by atoms with Crippen LogP contribution in [0.2, 0.25) is 0 Å². The SMILES string of the molecule is CSc1nnc(-c2nn(C)c3c2CN(C(=O)c2c(F)cccc2F)CC3)n1C. The standard InChI is InChI=1S/C18H18F2N6OS/c1-24-16(21-22-18(24)28-3)15-10-9-26(8-7-13(10)25(2)23-15)17(27)14-11(19)5-4-6-12(14)20/h4-6H,7-9H2,1-3H3. The summed E-state index contributed by atoms with van der Waals surface area (Å²) in [6.07, 6.45) is 2.44. The van der Waals surface area contributed by atoms with Gasteiger partial charge in [0.15, 0.2) is 11.0 Å². The van der Waals surface area contributed by atoms with Crippen LogP contribution in [0.4, 0.5) is 8.78 Å². The Balaban J connectivity index is 1.72. The predicted octanol–water partition coefficient (Wildman–Crippen LogP) is 2.41. The van der Waals surface area contributed by atoms with Crippen LogP contribution >= 0.6 is 11.8 Å². The van der Waals surface area contributed by atoms with Gasteiger partial charge in [-0.3, -0.25) is 9.48 Å². The third-order valence-electron chi connectivity index (χ3n) is 4.94. The zero-order valence-corrected chi connectivity index (χ0v) is 16.4. The lowest BCUT2D eigenvalue weighted by Crippen LogP contribution is -2.37. The number of hydrogen-bond donors (Lipinski definition) is 0. The summed E-state index contributed by atoms with van der Waals surface area (Å²) < 4.78 is 31.7. The molecule has 0 saturated heterocycles. The molecule has 0 aliphatic carbocycles. The van der Waals surface area contributed by atoms with Gasteiger partial charge < -0.3 is 9.47 Å². The van der Waals surface area contributed by atoms with E-state index < -0.39 is 23.1 Å². The fraction of sp³-hybridized carbons (Fsp3) is 0.333. The van der Waals surface area contributed by atoms with Crippen molar-refractivity contribution in [2.24, 2.45) is 14.1 Å². The fourth-order valence-corrected chi connectivity index (χ4v) is 3.99. The highest BCUT2D eigenvalue weighted by Gasteiger charge is 2.31. The molecular formula is C18H18F2N6OS. The number of carbonyl (C=O) groups excluding carboxylic acids is 1. The van der Waals surface area contributed by atoms with Gasteiger partial charge >= 0.3 is 0 Å². The van der Waals surface area contributed by atoms with Gasteiger partial charge in [0.05, 0.1) is 6.54 Å². The molecule has 0 radical (unpaired) electrons. The quantitative estimate of drug-likeness (QED) is 0.627. The molecule has 1 amide bonds. The van der Waals surface area contributed by atoms with Crippen LogP contribution in [0.25, 0.3) is 11.5 Å². The Morgan fingerprint density at radius 2 is 1.89 bits per heavy atom. The van der Waals surface area contributed by atoms with Crippen LogP contribution in [0.1, 0.15) is 21.6 Å². The molecule has 0 atom stereocenters. The van der Waals surface area contributed by atoms with E-state index in [9.17, 15) is 13.6 Å². The summed E-state index contributed by atoms with van der Waals surface area (Å²) in [6.45, 7) is 0.556. The summed E-state index contributed by atoms with van der Waals surface area (Å²) in [5, 5.41) is 13.7. The lowest BCUT2D eigenvalue weighted by molar-refractivity contribution is 0.0723. The number of aryl methyl sites for hydroxylation is 1. The fourth-order valence-electron chi connectivity index (χ4n) is 3.50. The average Bonchev–Trinajstić information content (AvgIpc) is 3.20. The Morgan fingerprint density at radius 1 is 1.18 bits per heavy atom. The van der Waals surface area contributed by atoms with Gasteiger partial charge in [-0.1, -0.05) is 17.8 Å². The maximum absolute atomic E-state index is 14.1. The van der Waals surface area contributed by atoms with E-state index in [0.29, 0.717) is 24.5 Å². The summed E-state index contributed by atoms with van der Waals surface area (Å²) in [4.78, 5) is 14.3. The van der Waals surface area contributed by atoms with Crippen molar-refractivity contribution in [3.05, 3.63) is 46.7 Å². The Morgan fingerprint density at radius 3 is 2.54 bits per heavy atom. The average molecular weight is 404 g/mol. The van der Waals surface area contributed by atoms with E-state index in [0.717, 1.165) is 28.5 Å². The molecule has 0 fully saturated rings. The molecule has 0 spiro atoms. The second-order valence-corrected chi connectivity index (χ2v) is 7.31. The van der Waals surface area contributed by atoms with Gasteiger partial charge in [-0.05, 0) is 18.4 Å². The van der Waals surface area contributed by atoms with E-state index in [4.69, 9.17) is 0 Å². The number of amides is 1. The number of benzene rings is 1. The number of fused-ring (bicyclic) bond motifs is 1. The Hall–Kier alpha value is -2.75. The number of aromatic nitrogens is 5. The lowest BCUT2D eigenvalue weighted by atomic mass is 10.0. The first kappa shape index (κ1) is 18.6. The number of nitrogens with zero attached hydrogens (tertiary/aromatic N) is 6. The van der Waals surface area contributed by atoms with Crippen LogP contribution in [0, 0.1) is 11.6 Å². The van der Waals surface area contributed by atoms with Crippen molar-refractivity contribution in [2.75, 3.05) is 12.8 Å². The number of rotatable bonds is 3. The first-order valence-electron chi connectivity index (χ1n) is 8.64. The highest BCUT2D eigenvalue weighted by atomic mass is 32.2. The number of halogens is 2. The molecule has 0 unspecified atom stereocenters. The normalized spacial score (nSPS) is 13.7. The largest absolute Gasteiger partial charge is 0.334 e. The highest BCUT2D eigenvalue weighted by molar-refractivity contribution is 7.98. The van der Waals surface area contributed by atoms with E-state index in [2.05, 4.69) is 15.3 Å². The van der Waals surface area contributed by atoms with Crippen molar-refractivity contribution in [2.45, 2.75) is 18.1 Å². The van der Waals surface area contributed by atoms with Crippen LogP contribution in [-0.4, -0.2) is 48.2 Å². The van der Waals surface area contributed by atoms with Gasteiger partial charge in [0, 0.05) is 38.3 Å². The Kier molecular flexibility index (Phi) is 4.66. The van der Waals surface area contributed by atoms with Crippen molar-refractivity contribution in [3.63, 3.8) is 0 Å².